The normalized spacial score (nSPS) is 10.6. The van der Waals surface area contributed by atoms with Gasteiger partial charge < -0.3 is 0 Å². The van der Waals surface area contributed by atoms with E-state index in [1.165, 1.54) is 6.92 Å². The minimum atomic E-state index is -1.31. The summed E-state index contributed by atoms with van der Waals surface area (Å²) in [6, 6.07) is 6.25. The summed E-state index contributed by atoms with van der Waals surface area (Å²) in [6.07, 6.45) is 0. The number of halogens is 4. The van der Waals surface area contributed by atoms with Crippen molar-refractivity contribution in [1.82, 2.24) is 0 Å². The Labute approximate surface area is 95.5 Å². The van der Waals surface area contributed by atoms with Crippen LogP contribution in [0.3, 0.4) is 0 Å². The van der Waals surface area contributed by atoms with Crippen LogP contribution < -0.4 is 0 Å². The highest BCUT2D eigenvalue weighted by Gasteiger charge is 2.18. The molecule has 2 aromatic carbocycles. The van der Waals surface area contributed by atoms with Crippen molar-refractivity contribution in [3.63, 3.8) is 0 Å². The van der Waals surface area contributed by atoms with Crippen molar-refractivity contribution in [2.45, 2.75) is 6.92 Å². The fraction of sp³-hybridized carbons (Fsp3) is 0.0769. The third kappa shape index (κ3) is 2.02. The summed E-state index contributed by atoms with van der Waals surface area (Å²) < 4.78 is 53.5. The highest BCUT2D eigenvalue weighted by molar-refractivity contribution is 5.66. The molecule has 0 spiro atoms. The lowest BCUT2D eigenvalue weighted by atomic mass is 10.0. The van der Waals surface area contributed by atoms with Gasteiger partial charge in [-0.3, -0.25) is 0 Å². The molecule has 17 heavy (non-hydrogen) atoms. The highest BCUT2D eigenvalue weighted by Crippen LogP contribution is 2.29. The van der Waals surface area contributed by atoms with Crippen molar-refractivity contribution < 1.29 is 17.6 Å². The van der Waals surface area contributed by atoms with E-state index in [4.69, 9.17) is 0 Å². The van der Waals surface area contributed by atoms with Gasteiger partial charge in [-0.25, -0.2) is 17.6 Å². The van der Waals surface area contributed by atoms with Crippen molar-refractivity contribution in [2.24, 2.45) is 0 Å². The van der Waals surface area contributed by atoms with Crippen molar-refractivity contribution in [3.8, 4) is 11.1 Å². The van der Waals surface area contributed by atoms with Gasteiger partial charge >= 0.3 is 0 Å². The maximum atomic E-state index is 13.6. The van der Waals surface area contributed by atoms with E-state index < -0.39 is 34.4 Å². The first kappa shape index (κ1) is 11.6. The highest BCUT2D eigenvalue weighted by atomic mass is 19.2. The second kappa shape index (κ2) is 4.20. The van der Waals surface area contributed by atoms with Gasteiger partial charge in [-0.1, -0.05) is 12.1 Å². The van der Waals surface area contributed by atoms with Crippen molar-refractivity contribution >= 4 is 0 Å². The zero-order valence-corrected chi connectivity index (χ0v) is 8.82. The van der Waals surface area contributed by atoms with E-state index in [0.29, 0.717) is 5.56 Å². The lowest BCUT2D eigenvalue weighted by Gasteiger charge is -2.07. The minimum Gasteiger partial charge on any atom is -0.206 e. The van der Waals surface area contributed by atoms with Gasteiger partial charge in [-0.15, -0.1) is 0 Å². The van der Waals surface area contributed by atoms with Crippen LogP contribution in [0.15, 0.2) is 24.3 Å². The fourth-order valence-corrected chi connectivity index (χ4v) is 1.60. The Hall–Kier alpha value is -1.84. The van der Waals surface area contributed by atoms with E-state index in [1.54, 1.807) is 0 Å². The Morgan fingerprint density at radius 1 is 1.00 bits per heavy atom. The fourth-order valence-electron chi connectivity index (χ4n) is 1.60. The SMILES string of the molecule is Cc1cc(F)c(-c2cc[c]c(F)c2F)c(F)c1. The first-order valence-corrected chi connectivity index (χ1v) is 4.82. The smallest absolute Gasteiger partial charge is 0.167 e. The number of aryl methyl sites for hydroxylation is 1. The van der Waals surface area contributed by atoms with Gasteiger partial charge in [0.2, 0.25) is 0 Å². The van der Waals surface area contributed by atoms with Crippen LogP contribution in [-0.2, 0) is 0 Å². The van der Waals surface area contributed by atoms with Crippen molar-refractivity contribution in [3.05, 3.63) is 59.2 Å². The Kier molecular flexibility index (Phi) is 2.88. The summed E-state index contributed by atoms with van der Waals surface area (Å²) in [5, 5.41) is 0. The summed E-state index contributed by atoms with van der Waals surface area (Å²) in [7, 11) is 0. The Balaban J connectivity index is 2.73. The largest absolute Gasteiger partial charge is 0.206 e. The summed E-state index contributed by atoms with van der Waals surface area (Å²) in [5.74, 6) is -4.42. The molecule has 0 heterocycles. The molecule has 0 fully saturated rings. The molecule has 1 radical (unpaired) electrons. The molecule has 0 atom stereocenters. The minimum absolute atomic E-state index is 0.368. The van der Waals surface area contributed by atoms with E-state index >= 15 is 0 Å². The third-order valence-corrected chi connectivity index (χ3v) is 2.35. The molecule has 0 aromatic heterocycles. The van der Waals surface area contributed by atoms with Gasteiger partial charge in [0.25, 0.3) is 0 Å². The second-order valence-corrected chi connectivity index (χ2v) is 3.62. The molecule has 0 aliphatic rings. The molecule has 0 aliphatic carbocycles. The van der Waals surface area contributed by atoms with E-state index in [9.17, 15) is 17.6 Å². The molecule has 0 saturated carbocycles. The van der Waals surface area contributed by atoms with Gasteiger partial charge in [-0.2, -0.15) is 0 Å². The van der Waals surface area contributed by atoms with Crippen molar-refractivity contribution in [1.29, 1.82) is 0 Å². The summed E-state index contributed by atoms with van der Waals surface area (Å²) in [5.41, 5.74) is -0.649. The molecular formula is C13H7F4. The average Bonchev–Trinajstić information content (AvgIpc) is 2.23. The van der Waals surface area contributed by atoms with Crippen LogP contribution in [0.2, 0.25) is 0 Å². The van der Waals surface area contributed by atoms with E-state index in [2.05, 4.69) is 0 Å². The lowest BCUT2D eigenvalue weighted by molar-refractivity contribution is 0.507. The first-order valence-electron chi connectivity index (χ1n) is 4.82. The number of rotatable bonds is 1. The zero-order valence-electron chi connectivity index (χ0n) is 8.82. The quantitative estimate of drug-likeness (QED) is 0.659. The predicted molar refractivity (Wildman–Crippen MR) is 55.3 cm³/mol. The van der Waals surface area contributed by atoms with Gasteiger partial charge in [0.1, 0.15) is 11.6 Å². The molecule has 2 rings (SSSR count). The maximum absolute atomic E-state index is 13.6. The van der Waals surface area contributed by atoms with Crippen LogP contribution in [-0.4, -0.2) is 0 Å². The monoisotopic (exact) mass is 239 g/mol. The lowest BCUT2D eigenvalue weighted by Crippen LogP contribution is -1.96. The second-order valence-electron chi connectivity index (χ2n) is 3.62. The molecular weight excluding hydrogens is 232 g/mol. The van der Waals surface area contributed by atoms with Crippen LogP contribution in [0.5, 0.6) is 0 Å². The molecule has 0 saturated heterocycles. The predicted octanol–water partition coefficient (Wildman–Crippen LogP) is 4.02. The van der Waals surface area contributed by atoms with Crippen LogP contribution >= 0.6 is 0 Å². The number of hydrogen-bond donors (Lipinski definition) is 0. The Morgan fingerprint density at radius 3 is 2.18 bits per heavy atom. The molecule has 0 aliphatic heterocycles. The van der Waals surface area contributed by atoms with Gasteiger partial charge in [0.05, 0.1) is 5.56 Å². The molecule has 0 amide bonds. The topological polar surface area (TPSA) is 0 Å². The first-order chi connectivity index (χ1) is 8.00. The third-order valence-electron chi connectivity index (χ3n) is 2.35. The molecule has 2 aromatic rings. The van der Waals surface area contributed by atoms with E-state index in [-0.39, 0.29) is 0 Å². The van der Waals surface area contributed by atoms with Gasteiger partial charge in [0, 0.05) is 11.6 Å². The zero-order chi connectivity index (χ0) is 12.6. The van der Waals surface area contributed by atoms with Crippen LogP contribution in [0.25, 0.3) is 11.1 Å². The standard InChI is InChI=1S/C13H7F4/c1-7-5-10(15)12(11(16)6-7)8-3-2-4-9(14)13(8)17/h2-3,5-6H,1H3. The Morgan fingerprint density at radius 2 is 1.59 bits per heavy atom. The molecule has 4 heteroatoms. The number of hydrogen-bond acceptors (Lipinski definition) is 0. The van der Waals surface area contributed by atoms with Gasteiger partial charge in [-0.05, 0) is 24.6 Å². The van der Waals surface area contributed by atoms with Crippen LogP contribution in [0.4, 0.5) is 17.6 Å². The van der Waals surface area contributed by atoms with Crippen LogP contribution in [0.1, 0.15) is 5.56 Å². The maximum Gasteiger partial charge on any atom is 0.167 e. The number of benzene rings is 2. The van der Waals surface area contributed by atoms with Gasteiger partial charge in [0.15, 0.2) is 11.6 Å². The Bertz CT molecular complexity index is 553. The van der Waals surface area contributed by atoms with Crippen LogP contribution in [0, 0.1) is 36.3 Å². The van der Waals surface area contributed by atoms with Crippen molar-refractivity contribution in [2.75, 3.05) is 0 Å². The molecule has 0 bridgehead atoms. The summed E-state index contributed by atoms with van der Waals surface area (Å²) >= 11 is 0. The van der Waals surface area contributed by atoms with E-state index in [0.717, 1.165) is 24.3 Å². The summed E-state index contributed by atoms with van der Waals surface area (Å²) in [6.45, 7) is 1.51. The summed E-state index contributed by atoms with van der Waals surface area (Å²) in [4.78, 5) is 0. The molecule has 0 N–H and O–H groups in total. The molecule has 0 unspecified atom stereocenters. The van der Waals surface area contributed by atoms with E-state index in [1.807, 2.05) is 6.07 Å². The molecule has 87 valence electrons. The molecule has 0 nitrogen and oxygen atoms in total. The average molecular weight is 239 g/mol.